The Morgan fingerprint density at radius 1 is 1.39 bits per heavy atom. The molecule has 2 N–H and O–H groups in total. The van der Waals surface area contributed by atoms with Crippen molar-refractivity contribution in [3.05, 3.63) is 40.2 Å². The van der Waals surface area contributed by atoms with Crippen molar-refractivity contribution in [1.29, 1.82) is 0 Å². The highest BCUT2D eigenvalue weighted by Crippen LogP contribution is 2.27. The van der Waals surface area contributed by atoms with Gasteiger partial charge in [-0.1, -0.05) is 11.6 Å². The maximum absolute atomic E-state index is 6.02. The van der Waals surface area contributed by atoms with E-state index in [1.54, 1.807) is 25.3 Å². The SMILES string of the molecule is CCn1nc(C)c(CNC(=S)Nc2cc(Cl)ccc2OC)c1C. The summed E-state index contributed by atoms with van der Waals surface area (Å²) in [4.78, 5) is 0. The summed E-state index contributed by atoms with van der Waals surface area (Å²) in [5, 5.41) is 12.0. The fourth-order valence-electron chi connectivity index (χ4n) is 2.41. The van der Waals surface area contributed by atoms with Gasteiger partial charge in [0.1, 0.15) is 5.75 Å². The van der Waals surface area contributed by atoms with Crippen molar-refractivity contribution in [3.8, 4) is 5.75 Å². The van der Waals surface area contributed by atoms with Gasteiger partial charge >= 0.3 is 0 Å². The fraction of sp³-hybridized carbons (Fsp3) is 0.375. The molecule has 0 bridgehead atoms. The van der Waals surface area contributed by atoms with Gasteiger partial charge in [-0.25, -0.2) is 0 Å². The first-order valence-electron chi connectivity index (χ1n) is 7.37. The highest BCUT2D eigenvalue weighted by atomic mass is 35.5. The fourth-order valence-corrected chi connectivity index (χ4v) is 2.77. The summed E-state index contributed by atoms with van der Waals surface area (Å²) in [6, 6.07) is 5.35. The van der Waals surface area contributed by atoms with E-state index >= 15 is 0 Å². The number of benzene rings is 1. The van der Waals surface area contributed by atoms with Crippen LogP contribution in [0.4, 0.5) is 5.69 Å². The molecule has 0 fully saturated rings. The Morgan fingerprint density at radius 2 is 2.13 bits per heavy atom. The molecule has 124 valence electrons. The second-order valence-corrected chi connectivity index (χ2v) is 5.96. The first-order valence-corrected chi connectivity index (χ1v) is 8.16. The zero-order valence-electron chi connectivity index (χ0n) is 13.7. The van der Waals surface area contributed by atoms with Crippen molar-refractivity contribution in [2.24, 2.45) is 0 Å². The lowest BCUT2D eigenvalue weighted by Gasteiger charge is -2.14. The minimum absolute atomic E-state index is 0.508. The van der Waals surface area contributed by atoms with Crippen molar-refractivity contribution in [2.75, 3.05) is 12.4 Å². The smallest absolute Gasteiger partial charge is 0.171 e. The molecule has 1 aromatic heterocycles. The van der Waals surface area contributed by atoms with E-state index in [4.69, 9.17) is 28.6 Å². The molecule has 2 aromatic rings. The van der Waals surface area contributed by atoms with Crippen molar-refractivity contribution < 1.29 is 4.74 Å². The number of rotatable bonds is 5. The number of hydrogen-bond donors (Lipinski definition) is 2. The summed E-state index contributed by atoms with van der Waals surface area (Å²) < 4.78 is 7.29. The third-order valence-electron chi connectivity index (χ3n) is 3.67. The second kappa shape index (κ2) is 7.66. The highest BCUT2D eigenvalue weighted by Gasteiger charge is 2.11. The largest absolute Gasteiger partial charge is 0.495 e. The average molecular weight is 353 g/mol. The molecule has 0 amide bonds. The van der Waals surface area contributed by atoms with Crippen LogP contribution in [0.15, 0.2) is 18.2 Å². The molecule has 7 heteroatoms. The number of methoxy groups -OCH3 is 1. The Hall–Kier alpha value is -1.79. The molecular weight excluding hydrogens is 332 g/mol. The van der Waals surface area contributed by atoms with E-state index in [-0.39, 0.29) is 0 Å². The zero-order valence-corrected chi connectivity index (χ0v) is 15.3. The molecule has 0 unspecified atom stereocenters. The predicted octanol–water partition coefficient (Wildman–Crippen LogP) is 3.67. The average Bonchev–Trinajstić information content (AvgIpc) is 2.79. The lowest BCUT2D eigenvalue weighted by molar-refractivity contribution is 0.417. The van der Waals surface area contributed by atoms with Crippen LogP contribution in [0.25, 0.3) is 0 Å². The number of anilines is 1. The first kappa shape index (κ1) is 17.6. The number of thiocarbonyl (C=S) groups is 1. The molecule has 5 nitrogen and oxygen atoms in total. The standard InChI is InChI=1S/C16H21ClN4OS/c1-5-21-11(3)13(10(2)20-21)9-18-16(23)19-14-8-12(17)6-7-15(14)22-4/h6-8H,5,9H2,1-4H3,(H2,18,19,23). The molecule has 0 aliphatic carbocycles. The molecule has 0 radical (unpaired) electrons. The Bertz CT molecular complexity index is 714. The molecule has 0 saturated heterocycles. The third-order valence-corrected chi connectivity index (χ3v) is 4.15. The molecule has 23 heavy (non-hydrogen) atoms. The number of hydrogen-bond acceptors (Lipinski definition) is 3. The number of halogens is 1. The molecule has 0 aliphatic heterocycles. The number of nitrogens with zero attached hydrogens (tertiary/aromatic N) is 2. The van der Waals surface area contributed by atoms with Crippen LogP contribution in [-0.4, -0.2) is 22.0 Å². The van der Waals surface area contributed by atoms with Crippen LogP contribution in [0.5, 0.6) is 5.75 Å². The zero-order chi connectivity index (χ0) is 17.0. The quantitative estimate of drug-likeness (QED) is 0.804. The maximum Gasteiger partial charge on any atom is 0.171 e. The minimum atomic E-state index is 0.508. The summed E-state index contributed by atoms with van der Waals surface area (Å²) in [6.07, 6.45) is 0. The van der Waals surface area contributed by atoms with Gasteiger partial charge in [0.05, 0.1) is 18.5 Å². The van der Waals surface area contributed by atoms with Gasteiger partial charge in [-0.3, -0.25) is 4.68 Å². The number of ether oxygens (including phenoxy) is 1. The normalized spacial score (nSPS) is 10.5. The van der Waals surface area contributed by atoms with Gasteiger partial charge in [-0.05, 0) is 51.2 Å². The van der Waals surface area contributed by atoms with Crippen LogP contribution < -0.4 is 15.4 Å². The van der Waals surface area contributed by atoms with Gasteiger partial charge < -0.3 is 15.4 Å². The van der Waals surface area contributed by atoms with E-state index in [9.17, 15) is 0 Å². The van der Waals surface area contributed by atoms with Crippen LogP contribution in [0, 0.1) is 13.8 Å². The van der Waals surface area contributed by atoms with E-state index in [2.05, 4.69) is 29.6 Å². The molecule has 1 heterocycles. The van der Waals surface area contributed by atoms with E-state index in [1.807, 2.05) is 11.6 Å². The van der Waals surface area contributed by atoms with Gasteiger partial charge in [0, 0.05) is 29.4 Å². The first-order chi connectivity index (χ1) is 11.0. The second-order valence-electron chi connectivity index (χ2n) is 5.12. The Kier molecular flexibility index (Phi) is 5.85. The van der Waals surface area contributed by atoms with Crippen LogP contribution in [0.1, 0.15) is 23.9 Å². The van der Waals surface area contributed by atoms with Crippen molar-refractivity contribution in [1.82, 2.24) is 15.1 Å². The van der Waals surface area contributed by atoms with Gasteiger partial charge in [0.2, 0.25) is 0 Å². The highest BCUT2D eigenvalue weighted by molar-refractivity contribution is 7.80. The van der Waals surface area contributed by atoms with Crippen LogP contribution >= 0.6 is 23.8 Å². The topological polar surface area (TPSA) is 51.1 Å². The van der Waals surface area contributed by atoms with Crippen LogP contribution in [0.3, 0.4) is 0 Å². The summed E-state index contributed by atoms with van der Waals surface area (Å²) >= 11 is 11.4. The number of aryl methyl sites for hydroxylation is 2. The van der Waals surface area contributed by atoms with E-state index in [1.165, 1.54) is 0 Å². The molecular formula is C16H21ClN4OS. The van der Waals surface area contributed by atoms with Crippen molar-refractivity contribution in [2.45, 2.75) is 33.9 Å². The molecule has 0 spiro atoms. The van der Waals surface area contributed by atoms with E-state index < -0.39 is 0 Å². The molecule has 0 atom stereocenters. The summed E-state index contributed by atoms with van der Waals surface area (Å²) in [7, 11) is 1.61. The molecule has 2 rings (SSSR count). The molecule has 0 saturated carbocycles. The Balaban J connectivity index is 2.04. The predicted molar refractivity (Wildman–Crippen MR) is 98.4 cm³/mol. The lowest BCUT2D eigenvalue weighted by atomic mass is 10.2. The van der Waals surface area contributed by atoms with Crippen molar-refractivity contribution >= 4 is 34.6 Å². The van der Waals surface area contributed by atoms with Crippen molar-refractivity contribution in [3.63, 3.8) is 0 Å². The summed E-state index contributed by atoms with van der Waals surface area (Å²) in [5.41, 5.74) is 4.06. The monoisotopic (exact) mass is 352 g/mol. The summed E-state index contributed by atoms with van der Waals surface area (Å²) in [6.45, 7) is 7.62. The summed E-state index contributed by atoms with van der Waals surface area (Å²) in [5.74, 6) is 0.685. The number of nitrogens with one attached hydrogen (secondary N) is 2. The molecule has 0 aliphatic rings. The lowest BCUT2D eigenvalue weighted by Crippen LogP contribution is -2.28. The van der Waals surface area contributed by atoms with E-state index in [0.717, 1.165) is 29.2 Å². The third kappa shape index (κ3) is 4.14. The van der Waals surface area contributed by atoms with Gasteiger partial charge in [0.15, 0.2) is 5.11 Å². The molecule has 1 aromatic carbocycles. The number of aromatic nitrogens is 2. The Labute approximate surface area is 147 Å². The maximum atomic E-state index is 6.02. The van der Waals surface area contributed by atoms with Crippen LogP contribution in [0.2, 0.25) is 5.02 Å². The van der Waals surface area contributed by atoms with E-state index in [0.29, 0.717) is 22.4 Å². The Morgan fingerprint density at radius 3 is 2.74 bits per heavy atom. The van der Waals surface area contributed by atoms with Gasteiger partial charge in [0.25, 0.3) is 0 Å². The van der Waals surface area contributed by atoms with Crippen LogP contribution in [-0.2, 0) is 13.1 Å². The van der Waals surface area contributed by atoms with Gasteiger partial charge in [-0.2, -0.15) is 5.10 Å². The van der Waals surface area contributed by atoms with Gasteiger partial charge in [-0.15, -0.1) is 0 Å². The minimum Gasteiger partial charge on any atom is -0.495 e.